The molecule has 1 heterocycles. The molecule has 1 aliphatic rings. The number of rotatable bonds is 6. The lowest BCUT2D eigenvalue weighted by Crippen LogP contribution is -2.49. The van der Waals surface area contributed by atoms with Crippen LogP contribution in [0, 0.1) is 11.8 Å². The highest BCUT2D eigenvalue weighted by atomic mass is 16.2. The summed E-state index contributed by atoms with van der Waals surface area (Å²) in [6.45, 7) is 7.71. The number of imide groups is 1. The van der Waals surface area contributed by atoms with Crippen molar-refractivity contribution in [3.8, 4) is 0 Å². The molecule has 2 rings (SSSR count). The van der Waals surface area contributed by atoms with Crippen LogP contribution in [-0.4, -0.2) is 28.7 Å². The highest BCUT2D eigenvalue weighted by molar-refractivity contribution is 6.16. The monoisotopic (exact) mass is 314 g/mol. The third-order valence-corrected chi connectivity index (χ3v) is 4.07. The minimum Gasteiger partial charge on any atom is -0.368 e. The van der Waals surface area contributed by atoms with Crippen LogP contribution in [0.3, 0.4) is 0 Å². The molecule has 1 saturated heterocycles. The lowest BCUT2D eigenvalue weighted by molar-refractivity contribution is -0.146. The summed E-state index contributed by atoms with van der Waals surface area (Å²) in [7, 11) is 0. The molecular weight excluding hydrogens is 292 g/mol. The van der Waals surface area contributed by atoms with E-state index in [9.17, 15) is 14.4 Å². The normalized spacial score (nSPS) is 19.5. The van der Waals surface area contributed by atoms with Crippen LogP contribution in [0.5, 0.6) is 0 Å². The molecule has 0 unspecified atom stereocenters. The van der Waals surface area contributed by atoms with E-state index in [1.165, 1.54) is 0 Å². The van der Waals surface area contributed by atoms with Crippen LogP contribution >= 0.6 is 0 Å². The molecule has 1 aliphatic heterocycles. The lowest BCUT2D eigenvalue weighted by Gasteiger charge is -2.24. The van der Waals surface area contributed by atoms with Crippen LogP contribution in [0.4, 0.5) is 0 Å². The fraction of sp³-hybridized carbons (Fsp3) is 0.389. The first kappa shape index (κ1) is 16.9. The maximum atomic E-state index is 12.6. The van der Waals surface area contributed by atoms with Crippen molar-refractivity contribution in [3.05, 3.63) is 48.0 Å². The first-order chi connectivity index (χ1) is 10.8. The van der Waals surface area contributed by atoms with Gasteiger partial charge in [0.05, 0.1) is 5.92 Å². The zero-order valence-corrected chi connectivity index (χ0v) is 13.5. The van der Waals surface area contributed by atoms with Gasteiger partial charge in [0.15, 0.2) is 0 Å². The van der Waals surface area contributed by atoms with Crippen molar-refractivity contribution in [2.24, 2.45) is 17.6 Å². The summed E-state index contributed by atoms with van der Waals surface area (Å²) in [6, 6.07) is 8.22. The summed E-state index contributed by atoms with van der Waals surface area (Å²) in [5.41, 5.74) is 6.56. The fourth-order valence-corrected chi connectivity index (χ4v) is 2.89. The molecular formula is C18H22N2O3. The molecule has 0 spiro atoms. The number of carbonyl (C=O) groups excluding carboxylic acids is 3. The number of likely N-dealkylation sites (tertiary alicyclic amines) is 1. The fourth-order valence-electron chi connectivity index (χ4n) is 2.89. The minimum absolute atomic E-state index is 0.218. The molecule has 1 aromatic rings. The molecule has 122 valence electrons. The van der Waals surface area contributed by atoms with E-state index < -0.39 is 23.8 Å². The molecule has 5 nitrogen and oxygen atoms in total. The van der Waals surface area contributed by atoms with Gasteiger partial charge in [-0.05, 0) is 17.9 Å². The Morgan fingerprint density at radius 1 is 1.26 bits per heavy atom. The summed E-state index contributed by atoms with van der Waals surface area (Å²) in [6.07, 6.45) is 0.756. The third kappa shape index (κ3) is 3.50. The van der Waals surface area contributed by atoms with Crippen LogP contribution in [0.15, 0.2) is 42.5 Å². The second-order valence-electron chi connectivity index (χ2n) is 6.33. The Labute approximate surface area is 136 Å². The van der Waals surface area contributed by atoms with Crippen LogP contribution in [0.2, 0.25) is 0 Å². The van der Waals surface area contributed by atoms with E-state index in [4.69, 9.17) is 5.73 Å². The molecule has 23 heavy (non-hydrogen) atoms. The number of amides is 3. The number of nitrogens with zero attached hydrogens (tertiary/aromatic N) is 1. The first-order valence-corrected chi connectivity index (χ1v) is 7.72. The van der Waals surface area contributed by atoms with E-state index in [-0.39, 0.29) is 23.8 Å². The molecule has 2 N–H and O–H groups in total. The van der Waals surface area contributed by atoms with E-state index in [1.54, 1.807) is 0 Å². The van der Waals surface area contributed by atoms with Gasteiger partial charge in [0.1, 0.15) is 6.04 Å². The molecule has 0 aromatic heterocycles. The van der Waals surface area contributed by atoms with Gasteiger partial charge in [-0.15, -0.1) is 0 Å². The van der Waals surface area contributed by atoms with Crippen molar-refractivity contribution in [1.82, 2.24) is 4.90 Å². The molecule has 0 radical (unpaired) electrons. The van der Waals surface area contributed by atoms with Crippen molar-refractivity contribution in [2.45, 2.75) is 32.7 Å². The van der Waals surface area contributed by atoms with Gasteiger partial charge in [-0.3, -0.25) is 19.3 Å². The van der Waals surface area contributed by atoms with E-state index >= 15 is 0 Å². The molecule has 0 bridgehead atoms. The Hall–Kier alpha value is -2.43. The number of carbonyl (C=O) groups is 3. The van der Waals surface area contributed by atoms with Gasteiger partial charge in [-0.2, -0.15) is 0 Å². The summed E-state index contributed by atoms with van der Waals surface area (Å²) < 4.78 is 0. The van der Waals surface area contributed by atoms with Gasteiger partial charge >= 0.3 is 0 Å². The molecule has 1 aromatic carbocycles. The van der Waals surface area contributed by atoms with Crippen molar-refractivity contribution in [2.75, 3.05) is 0 Å². The van der Waals surface area contributed by atoms with Gasteiger partial charge in [-0.1, -0.05) is 50.8 Å². The van der Waals surface area contributed by atoms with Gasteiger partial charge in [0.2, 0.25) is 11.8 Å². The van der Waals surface area contributed by atoms with E-state index in [1.807, 2.05) is 44.2 Å². The zero-order valence-electron chi connectivity index (χ0n) is 13.5. The summed E-state index contributed by atoms with van der Waals surface area (Å²) in [5.74, 6) is -1.85. The maximum absolute atomic E-state index is 12.6. The SMILES string of the molecule is C=C1C(=O)N([C@@H](Cc2ccccc2)C(N)=O)C(=O)[C@@H]1CC(C)C. The number of hydrogen-bond donors (Lipinski definition) is 1. The van der Waals surface area contributed by atoms with Crippen LogP contribution in [0.25, 0.3) is 0 Å². The second-order valence-corrected chi connectivity index (χ2v) is 6.33. The predicted octanol–water partition coefficient (Wildman–Crippen LogP) is 1.67. The minimum atomic E-state index is -0.980. The Kier molecular flexibility index (Phi) is 4.98. The standard InChI is InChI=1S/C18H22N2O3/c1-11(2)9-14-12(3)17(22)20(18(14)23)15(16(19)21)10-13-7-5-4-6-8-13/h4-8,11,14-15H,3,9-10H2,1-2H3,(H2,19,21)/t14-,15+/m1/s1. The Balaban J connectivity index is 2.28. The summed E-state index contributed by atoms with van der Waals surface area (Å²) in [5, 5.41) is 0. The average Bonchev–Trinajstić information content (AvgIpc) is 2.70. The largest absolute Gasteiger partial charge is 0.368 e. The zero-order chi connectivity index (χ0) is 17.1. The van der Waals surface area contributed by atoms with Gasteiger partial charge < -0.3 is 5.73 Å². The summed E-state index contributed by atoms with van der Waals surface area (Å²) >= 11 is 0. The first-order valence-electron chi connectivity index (χ1n) is 7.72. The molecule has 5 heteroatoms. The molecule has 1 fully saturated rings. The van der Waals surface area contributed by atoms with Crippen molar-refractivity contribution >= 4 is 17.7 Å². The van der Waals surface area contributed by atoms with E-state index in [0.29, 0.717) is 6.42 Å². The molecule has 0 saturated carbocycles. The molecule has 0 aliphatic carbocycles. The Morgan fingerprint density at radius 2 is 1.87 bits per heavy atom. The van der Waals surface area contributed by atoms with Crippen LogP contribution in [-0.2, 0) is 20.8 Å². The smallest absolute Gasteiger partial charge is 0.257 e. The van der Waals surface area contributed by atoms with E-state index in [2.05, 4.69) is 6.58 Å². The Morgan fingerprint density at radius 3 is 2.39 bits per heavy atom. The van der Waals surface area contributed by atoms with Crippen LogP contribution < -0.4 is 5.73 Å². The summed E-state index contributed by atoms with van der Waals surface area (Å²) in [4.78, 5) is 37.9. The van der Waals surface area contributed by atoms with E-state index in [0.717, 1.165) is 10.5 Å². The second kappa shape index (κ2) is 6.77. The van der Waals surface area contributed by atoms with Crippen molar-refractivity contribution in [1.29, 1.82) is 0 Å². The van der Waals surface area contributed by atoms with Gasteiger partial charge in [-0.25, -0.2) is 0 Å². The quantitative estimate of drug-likeness (QED) is 0.640. The number of benzene rings is 1. The van der Waals surface area contributed by atoms with Crippen molar-refractivity contribution < 1.29 is 14.4 Å². The number of hydrogen-bond acceptors (Lipinski definition) is 3. The predicted molar refractivity (Wildman–Crippen MR) is 87.1 cm³/mol. The maximum Gasteiger partial charge on any atom is 0.257 e. The van der Waals surface area contributed by atoms with Crippen LogP contribution in [0.1, 0.15) is 25.8 Å². The highest BCUT2D eigenvalue weighted by Crippen LogP contribution is 2.31. The van der Waals surface area contributed by atoms with Gasteiger partial charge in [0.25, 0.3) is 5.91 Å². The average molecular weight is 314 g/mol. The Bertz CT molecular complexity index is 637. The molecule has 3 amide bonds. The van der Waals surface area contributed by atoms with Gasteiger partial charge in [0, 0.05) is 12.0 Å². The molecule has 2 atom stereocenters. The van der Waals surface area contributed by atoms with Crippen molar-refractivity contribution in [3.63, 3.8) is 0 Å². The highest BCUT2D eigenvalue weighted by Gasteiger charge is 2.46. The number of nitrogens with two attached hydrogens (primary N) is 1. The third-order valence-electron chi connectivity index (χ3n) is 4.07. The topological polar surface area (TPSA) is 80.5 Å². The lowest BCUT2D eigenvalue weighted by atomic mass is 9.93. The number of primary amides is 1.